The molecule has 23 heavy (non-hydrogen) atoms. The number of hydrogen-bond acceptors (Lipinski definition) is 3. The third kappa shape index (κ3) is 4.60. The van der Waals surface area contributed by atoms with Gasteiger partial charge in [-0.25, -0.2) is 4.39 Å². The molecule has 4 nitrogen and oxygen atoms in total. The monoisotopic (exact) mass is 336 g/mol. The molecular weight excluding hydrogens is 319 g/mol. The normalized spacial score (nSPS) is 11.7. The molecule has 0 radical (unpaired) electrons. The molecule has 0 saturated carbocycles. The molecule has 0 fully saturated rings. The highest BCUT2D eigenvalue weighted by molar-refractivity contribution is 6.33. The van der Waals surface area contributed by atoms with Crippen molar-refractivity contribution in [1.29, 1.82) is 0 Å². The largest absolute Gasteiger partial charge is 0.496 e. The lowest BCUT2D eigenvalue weighted by Gasteiger charge is -2.17. The maximum Gasteiger partial charge on any atom is 0.239 e. The molecule has 0 aromatic heterocycles. The Morgan fingerprint density at radius 3 is 2.74 bits per heavy atom. The highest BCUT2D eigenvalue weighted by atomic mass is 35.5. The van der Waals surface area contributed by atoms with E-state index in [2.05, 4.69) is 10.6 Å². The summed E-state index contributed by atoms with van der Waals surface area (Å²) in [6, 6.07) is 11.3. The van der Waals surface area contributed by atoms with E-state index in [1.54, 1.807) is 7.11 Å². The van der Waals surface area contributed by atoms with Crippen LogP contribution in [0.2, 0.25) is 5.02 Å². The second kappa shape index (κ2) is 7.83. The SMILES string of the molecule is COc1ccccc1C(C)NC(=O)CNc1ccc(F)cc1Cl. The van der Waals surface area contributed by atoms with Crippen LogP contribution in [0.1, 0.15) is 18.5 Å². The molecule has 2 aromatic rings. The second-order valence-corrected chi connectivity index (χ2v) is 5.42. The van der Waals surface area contributed by atoms with Crippen molar-refractivity contribution in [1.82, 2.24) is 5.32 Å². The van der Waals surface area contributed by atoms with E-state index in [1.807, 2.05) is 31.2 Å². The van der Waals surface area contributed by atoms with Crippen molar-refractivity contribution in [2.75, 3.05) is 19.0 Å². The summed E-state index contributed by atoms with van der Waals surface area (Å²) in [4.78, 5) is 12.0. The minimum atomic E-state index is -0.421. The lowest BCUT2D eigenvalue weighted by molar-refractivity contribution is -0.120. The van der Waals surface area contributed by atoms with Crippen molar-refractivity contribution in [2.45, 2.75) is 13.0 Å². The number of amides is 1. The standard InChI is InChI=1S/C17H18ClFN2O2/c1-11(13-5-3-4-6-16(13)23-2)21-17(22)10-20-15-8-7-12(19)9-14(15)18/h3-9,11,20H,10H2,1-2H3,(H,21,22). The molecule has 6 heteroatoms. The Hall–Kier alpha value is -2.27. The Morgan fingerprint density at radius 2 is 2.04 bits per heavy atom. The Labute approximate surface area is 139 Å². The third-order valence-corrected chi connectivity index (χ3v) is 3.67. The number of carbonyl (C=O) groups excluding carboxylic acids is 1. The lowest BCUT2D eigenvalue weighted by Crippen LogP contribution is -2.32. The van der Waals surface area contributed by atoms with Crippen LogP contribution in [-0.2, 0) is 4.79 Å². The number of nitrogens with one attached hydrogen (secondary N) is 2. The summed E-state index contributed by atoms with van der Waals surface area (Å²) in [5.41, 5.74) is 1.40. The zero-order chi connectivity index (χ0) is 16.8. The van der Waals surface area contributed by atoms with Gasteiger partial charge < -0.3 is 15.4 Å². The average Bonchev–Trinajstić information content (AvgIpc) is 2.54. The van der Waals surface area contributed by atoms with Crippen LogP contribution in [0.5, 0.6) is 5.75 Å². The first-order chi connectivity index (χ1) is 11.0. The van der Waals surface area contributed by atoms with Crippen molar-refractivity contribution in [2.24, 2.45) is 0 Å². The number of halogens is 2. The van der Waals surface area contributed by atoms with Gasteiger partial charge in [0.15, 0.2) is 0 Å². The maximum absolute atomic E-state index is 13.0. The predicted octanol–water partition coefficient (Wildman–Crippen LogP) is 3.78. The molecule has 0 aliphatic heterocycles. The first-order valence-corrected chi connectivity index (χ1v) is 7.50. The molecule has 0 aliphatic carbocycles. The molecule has 1 amide bonds. The van der Waals surface area contributed by atoms with Crippen LogP contribution in [0.4, 0.5) is 10.1 Å². The molecule has 1 unspecified atom stereocenters. The number of para-hydroxylation sites is 1. The lowest BCUT2D eigenvalue weighted by atomic mass is 10.1. The summed E-state index contributed by atoms with van der Waals surface area (Å²) in [7, 11) is 1.59. The van der Waals surface area contributed by atoms with E-state index in [-0.39, 0.29) is 23.5 Å². The highest BCUT2D eigenvalue weighted by Crippen LogP contribution is 2.24. The number of anilines is 1. The first kappa shape index (κ1) is 17.1. The maximum atomic E-state index is 13.0. The second-order valence-electron chi connectivity index (χ2n) is 5.01. The number of carbonyl (C=O) groups is 1. The number of hydrogen-bond donors (Lipinski definition) is 2. The minimum Gasteiger partial charge on any atom is -0.496 e. The number of benzene rings is 2. The van der Waals surface area contributed by atoms with Gasteiger partial charge >= 0.3 is 0 Å². The van der Waals surface area contributed by atoms with Gasteiger partial charge in [0, 0.05) is 5.56 Å². The van der Waals surface area contributed by atoms with Gasteiger partial charge in [-0.2, -0.15) is 0 Å². The first-order valence-electron chi connectivity index (χ1n) is 7.12. The fraction of sp³-hybridized carbons (Fsp3) is 0.235. The summed E-state index contributed by atoms with van der Waals surface area (Å²) < 4.78 is 18.3. The number of methoxy groups -OCH3 is 1. The Kier molecular flexibility index (Phi) is 5.82. The predicted molar refractivity (Wildman–Crippen MR) is 89.5 cm³/mol. The summed E-state index contributed by atoms with van der Waals surface area (Å²) in [5.74, 6) is 0.0911. The third-order valence-electron chi connectivity index (χ3n) is 3.35. The molecular formula is C17H18ClFN2O2. The Balaban J connectivity index is 1.94. The van der Waals surface area contributed by atoms with Crippen molar-refractivity contribution in [3.05, 3.63) is 58.9 Å². The Morgan fingerprint density at radius 1 is 1.30 bits per heavy atom. The van der Waals surface area contributed by atoms with E-state index in [0.717, 1.165) is 11.3 Å². The van der Waals surface area contributed by atoms with Gasteiger partial charge in [-0.3, -0.25) is 4.79 Å². The zero-order valence-corrected chi connectivity index (χ0v) is 13.7. The van der Waals surface area contributed by atoms with Gasteiger partial charge in [-0.15, -0.1) is 0 Å². The van der Waals surface area contributed by atoms with E-state index in [0.29, 0.717) is 5.69 Å². The Bertz CT molecular complexity index is 694. The smallest absolute Gasteiger partial charge is 0.239 e. The molecule has 0 heterocycles. The molecule has 122 valence electrons. The van der Waals surface area contributed by atoms with Crippen molar-refractivity contribution in [3.8, 4) is 5.75 Å². The fourth-order valence-corrected chi connectivity index (χ4v) is 2.44. The minimum absolute atomic E-state index is 0.0326. The zero-order valence-electron chi connectivity index (χ0n) is 12.9. The van der Waals surface area contributed by atoms with Crippen LogP contribution in [0.3, 0.4) is 0 Å². The van der Waals surface area contributed by atoms with Gasteiger partial charge in [0.2, 0.25) is 5.91 Å². The van der Waals surface area contributed by atoms with E-state index >= 15 is 0 Å². The number of rotatable bonds is 6. The number of ether oxygens (including phenoxy) is 1. The summed E-state index contributed by atoms with van der Waals surface area (Å²) in [6.45, 7) is 1.91. The van der Waals surface area contributed by atoms with Gasteiger partial charge in [0.05, 0.1) is 30.4 Å². The molecule has 0 aliphatic rings. The molecule has 0 saturated heterocycles. The fourth-order valence-electron chi connectivity index (χ4n) is 2.20. The van der Waals surface area contributed by atoms with Gasteiger partial charge in [-0.1, -0.05) is 29.8 Å². The average molecular weight is 337 g/mol. The van der Waals surface area contributed by atoms with Gasteiger partial charge in [0.1, 0.15) is 11.6 Å². The topological polar surface area (TPSA) is 50.4 Å². The highest BCUT2D eigenvalue weighted by Gasteiger charge is 2.13. The van der Waals surface area contributed by atoms with Crippen LogP contribution in [0.15, 0.2) is 42.5 Å². The summed E-state index contributed by atoms with van der Waals surface area (Å²) >= 11 is 5.90. The van der Waals surface area contributed by atoms with Gasteiger partial charge in [0.25, 0.3) is 0 Å². The molecule has 0 spiro atoms. The molecule has 2 rings (SSSR count). The van der Waals surface area contributed by atoms with Crippen LogP contribution in [-0.4, -0.2) is 19.6 Å². The van der Waals surface area contributed by atoms with E-state index in [1.165, 1.54) is 18.2 Å². The van der Waals surface area contributed by atoms with Crippen LogP contribution >= 0.6 is 11.6 Å². The molecule has 1 atom stereocenters. The van der Waals surface area contributed by atoms with Crippen molar-refractivity contribution in [3.63, 3.8) is 0 Å². The van der Waals surface area contributed by atoms with E-state index < -0.39 is 5.82 Å². The molecule has 2 N–H and O–H groups in total. The van der Waals surface area contributed by atoms with Crippen molar-refractivity contribution >= 4 is 23.2 Å². The van der Waals surface area contributed by atoms with Crippen molar-refractivity contribution < 1.29 is 13.9 Å². The molecule has 0 bridgehead atoms. The quantitative estimate of drug-likeness (QED) is 0.844. The summed E-state index contributed by atoms with van der Waals surface area (Å²) in [5, 5.41) is 5.99. The van der Waals surface area contributed by atoms with E-state index in [4.69, 9.17) is 16.3 Å². The molecule has 2 aromatic carbocycles. The van der Waals surface area contributed by atoms with Gasteiger partial charge in [-0.05, 0) is 31.2 Å². The van der Waals surface area contributed by atoms with Crippen LogP contribution < -0.4 is 15.4 Å². The summed E-state index contributed by atoms with van der Waals surface area (Å²) in [6.07, 6.45) is 0. The van der Waals surface area contributed by atoms with Crippen LogP contribution in [0.25, 0.3) is 0 Å². The van der Waals surface area contributed by atoms with Crippen LogP contribution in [0, 0.1) is 5.82 Å². The van der Waals surface area contributed by atoms with E-state index in [9.17, 15) is 9.18 Å².